The summed E-state index contributed by atoms with van der Waals surface area (Å²) in [6, 6.07) is 8.68. The Kier molecular flexibility index (Phi) is 7.48. The molecule has 1 aliphatic heterocycles. The van der Waals surface area contributed by atoms with Crippen molar-refractivity contribution in [2.45, 2.75) is 70.5 Å². The number of rotatable bonds is 8. The van der Waals surface area contributed by atoms with Gasteiger partial charge in [-0.2, -0.15) is 0 Å². The summed E-state index contributed by atoms with van der Waals surface area (Å²) in [6.45, 7) is 2.91. The van der Waals surface area contributed by atoms with Crippen molar-refractivity contribution in [2.24, 2.45) is 5.92 Å². The molecule has 1 atom stereocenters. The van der Waals surface area contributed by atoms with Crippen LogP contribution in [-0.4, -0.2) is 43.6 Å². The molecule has 4 rings (SSSR count). The second kappa shape index (κ2) is 10.7. The Morgan fingerprint density at radius 2 is 1.94 bits per heavy atom. The number of likely N-dealkylation sites (tertiary alicyclic amines) is 1. The lowest BCUT2D eigenvalue weighted by Gasteiger charge is -2.24. The van der Waals surface area contributed by atoms with Crippen molar-refractivity contribution in [3.8, 4) is 0 Å². The maximum atomic E-state index is 11.1. The van der Waals surface area contributed by atoms with Crippen molar-refractivity contribution in [3.63, 3.8) is 0 Å². The van der Waals surface area contributed by atoms with Gasteiger partial charge in [-0.05, 0) is 48.9 Å². The van der Waals surface area contributed by atoms with Crippen LogP contribution in [0.2, 0.25) is 0 Å². The van der Waals surface area contributed by atoms with E-state index in [-0.39, 0.29) is 0 Å². The highest BCUT2D eigenvalue weighted by Crippen LogP contribution is 2.26. The molecular formula is C24H33N5O2. The molecule has 0 spiro atoms. The summed E-state index contributed by atoms with van der Waals surface area (Å²) >= 11 is 0. The average molecular weight is 424 g/mol. The van der Waals surface area contributed by atoms with Gasteiger partial charge in [0.15, 0.2) is 0 Å². The molecule has 0 unspecified atom stereocenters. The van der Waals surface area contributed by atoms with Crippen molar-refractivity contribution in [2.75, 3.05) is 6.54 Å². The number of hydrogen-bond donors (Lipinski definition) is 2. The fourth-order valence-corrected chi connectivity index (χ4v) is 4.91. The first kappa shape index (κ1) is 21.7. The van der Waals surface area contributed by atoms with E-state index in [1.807, 2.05) is 16.8 Å². The lowest BCUT2D eigenvalue weighted by molar-refractivity contribution is -0.124. The number of carbonyl (C=O) groups is 1. The Labute approximate surface area is 184 Å². The molecule has 2 aromatic rings. The zero-order valence-electron chi connectivity index (χ0n) is 18.1. The van der Waals surface area contributed by atoms with E-state index in [2.05, 4.69) is 33.5 Å². The third-order valence-electron chi connectivity index (χ3n) is 6.61. The third kappa shape index (κ3) is 6.24. The van der Waals surface area contributed by atoms with Crippen LogP contribution in [0, 0.1) is 5.92 Å². The van der Waals surface area contributed by atoms with Crippen LogP contribution >= 0.6 is 0 Å². The number of aromatic nitrogens is 3. The Hall–Kier alpha value is -2.51. The van der Waals surface area contributed by atoms with Gasteiger partial charge in [0.2, 0.25) is 0 Å². The Bertz CT molecular complexity index is 870. The maximum Gasteiger partial charge on any atom is 0.267 e. The van der Waals surface area contributed by atoms with E-state index >= 15 is 0 Å². The minimum Gasteiger partial charge on any atom is -0.294 e. The average Bonchev–Trinajstić information content (AvgIpc) is 3.43. The second-order valence-corrected chi connectivity index (χ2v) is 8.96. The summed E-state index contributed by atoms with van der Waals surface area (Å²) in [5.41, 5.74) is 4.93. The van der Waals surface area contributed by atoms with Crippen LogP contribution in [0.25, 0.3) is 6.08 Å². The molecule has 31 heavy (non-hydrogen) atoms. The van der Waals surface area contributed by atoms with Crippen LogP contribution in [-0.2, 0) is 24.3 Å². The van der Waals surface area contributed by atoms with Gasteiger partial charge < -0.3 is 0 Å². The SMILES string of the molecule is O=C(C=Cc1ccc(CN2CCC[C@@H]2Cn2cc(CC3CCCCC3)nn2)cc1)NO. The Morgan fingerprint density at radius 1 is 1.13 bits per heavy atom. The second-order valence-electron chi connectivity index (χ2n) is 8.96. The van der Waals surface area contributed by atoms with Gasteiger partial charge in [0.05, 0.1) is 12.2 Å². The summed E-state index contributed by atoms with van der Waals surface area (Å²) in [4.78, 5) is 13.6. The molecule has 0 radical (unpaired) electrons. The van der Waals surface area contributed by atoms with Crippen molar-refractivity contribution < 1.29 is 10.0 Å². The van der Waals surface area contributed by atoms with E-state index in [0.29, 0.717) is 6.04 Å². The number of hydrogen-bond acceptors (Lipinski definition) is 5. The van der Waals surface area contributed by atoms with E-state index in [4.69, 9.17) is 5.21 Å². The first-order chi connectivity index (χ1) is 15.2. The zero-order valence-corrected chi connectivity index (χ0v) is 18.1. The molecule has 0 bridgehead atoms. The molecule has 1 aliphatic carbocycles. The van der Waals surface area contributed by atoms with Gasteiger partial charge >= 0.3 is 0 Å². The lowest BCUT2D eigenvalue weighted by atomic mass is 9.86. The fourth-order valence-electron chi connectivity index (χ4n) is 4.91. The standard InChI is InChI=1S/C24H33N5O2/c30-24(26-31)13-12-19-8-10-21(11-9-19)16-28-14-4-7-23(28)18-29-17-22(25-27-29)15-20-5-2-1-3-6-20/h8-13,17,20,23,31H,1-7,14-16,18H2,(H,26,30)/t23-/m1/s1. The first-order valence-corrected chi connectivity index (χ1v) is 11.5. The predicted molar refractivity (Wildman–Crippen MR) is 119 cm³/mol. The van der Waals surface area contributed by atoms with Gasteiger partial charge in [0, 0.05) is 24.9 Å². The molecule has 7 nitrogen and oxygen atoms in total. The number of nitrogens with one attached hydrogen (secondary N) is 1. The lowest BCUT2D eigenvalue weighted by Crippen LogP contribution is -2.32. The largest absolute Gasteiger partial charge is 0.294 e. The highest BCUT2D eigenvalue weighted by atomic mass is 16.5. The number of carbonyl (C=O) groups excluding carboxylic acids is 1. The highest BCUT2D eigenvalue weighted by molar-refractivity contribution is 5.90. The van der Waals surface area contributed by atoms with Crippen LogP contribution in [0.3, 0.4) is 0 Å². The molecule has 7 heteroatoms. The summed E-state index contributed by atoms with van der Waals surface area (Å²) in [7, 11) is 0. The molecule has 1 aromatic heterocycles. The highest BCUT2D eigenvalue weighted by Gasteiger charge is 2.25. The van der Waals surface area contributed by atoms with Crippen molar-refractivity contribution in [3.05, 3.63) is 53.4 Å². The molecule has 1 amide bonds. The van der Waals surface area contributed by atoms with Gasteiger partial charge in [0.1, 0.15) is 0 Å². The Morgan fingerprint density at radius 3 is 2.71 bits per heavy atom. The molecule has 166 valence electrons. The van der Waals surface area contributed by atoms with E-state index in [1.165, 1.54) is 56.6 Å². The van der Waals surface area contributed by atoms with E-state index in [9.17, 15) is 4.79 Å². The van der Waals surface area contributed by atoms with Crippen LogP contribution in [0.5, 0.6) is 0 Å². The molecular weight excluding hydrogens is 390 g/mol. The number of hydroxylamine groups is 1. The summed E-state index contributed by atoms with van der Waals surface area (Å²) in [5.74, 6) is 0.261. The summed E-state index contributed by atoms with van der Waals surface area (Å²) in [6.07, 6.45) is 15.4. The molecule has 1 aromatic carbocycles. The number of amides is 1. The smallest absolute Gasteiger partial charge is 0.267 e. The minimum absolute atomic E-state index is 0.483. The first-order valence-electron chi connectivity index (χ1n) is 11.5. The van der Waals surface area contributed by atoms with Gasteiger partial charge in [0.25, 0.3) is 5.91 Å². The van der Waals surface area contributed by atoms with Gasteiger partial charge in [-0.1, -0.05) is 61.6 Å². The van der Waals surface area contributed by atoms with Gasteiger partial charge in [-0.3, -0.25) is 19.6 Å². The van der Waals surface area contributed by atoms with Crippen LogP contribution in [0.15, 0.2) is 36.5 Å². The molecule has 1 saturated carbocycles. The number of nitrogens with zero attached hydrogens (tertiary/aromatic N) is 4. The molecule has 1 saturated heterocycles. The third-order valence-corrected chi connectivity index (χ3v) is 6.61. The topological polar surface area (TPSA) is 83.3 Å². The fraction of sp³-hybridized carbons (Fsp3) is 0.542. The van der Waals surface area contributed by atoms with Crippen molar-refractivity contribution in [1.82, 2.24) is 25.4 Å². The van der Waals surface area contributed by atoms with E-state index in [0.717, 1.165) is 43.2 Å². The minimum atomic E-state index is -0.529. The van der Waals surface area contributed by atoms with Gasteiger partial charge in [-0.25, -0.2) is 5.48 Å². The number of benzene rings is 1. The van der Waals surface area contributed by atoms with Gasteiger partial charge in [-0.15, -0.1) is 5.10 Å². The quantitative estimate of drug-likeness (QED) is 0.385. The molecule has 2 aliphatic rings. The monoisotopic (exact) mass is 423 g/mol. The Balaban J connectivity index is 1.30. The maximum absolute atomic E-state index is 11.1. The molecule has 2 fully saturated rings. The van der Waals surface area contributed by atoms with Crippen molar-refractivity contribution >= 4 is 12.0 Å². The summed E-state index contributed by atoms with van der Waals surface area (Å²) in [5, 5.41) is 17.4. The predicted octanol–water partition coefficient (Wildman–Crippen LogP) is 3.58. The van der Waals surface area contributed by atoms with E-state index in [1.54, 1.807) is 11.6 Å². The summed E-state index contributed by atoms with van der Waals surface area (Å²) < 4.78 is 2.04. The van der Waals surface area contributed by atoms with Crippen LogP contribution < -0.4 is 5.48 Å². The zero-order chi connectivity index (χ0) is 21.5. The van der Waals surface area contributed by atoms with Crippen molar-refractivity contribution in [1.29, 1.82) is 0 Å². The molecule has 2 N–H and O–H groups in total. The van der Waals surface area contributed by atoms with Crippen LogP contribution in [0.4, 0.5) is 0 Å². The molecule has 2 heterocycles. The van der Waals surface area contributed by atoms with E-state index < -0.39 is 5.91 Å². The normalized spacial score (nSPS) is 20.5. The van der Waals surface area contributed by atoms with Crippen LogP contribution in [0.1, 0.15) is 61.8 Å².